The maximum absolute atomic E-state index is 6.10. The molecule has 120 valence electrons. The summed E-state index contributed by atoms with van der Waals surface area (Å²) in [6, 6.07) is 10.6. The van der Waals surface area contributed by atoms with Gasteiger partial charge >= 0.3 is 0 Å². The number of ether oxygens (including phenoxy) is 1. The summed E-state index contributed by atoms with van der Waals surface area (Å²) in [6.07, 6.45) is 5.07. The molecule has 1 aliphatic carbocycles. The van der Waals surface area contributed by atoms with Crippen molar-refractivity contribution in [3.8, 4) is 0 Å². The van der Waals surface area contributed by atoms with Crippen LogP contribution in [0.3, 0.4) is 0 Å². The first-order valence-electron chi connectivity index (χ1n) is 9.17. The molecule has 1 aromatic carbocycles. The molecule has 0 amide bonds. The molecule has 3 nitrogen and oxygen atoms in total. The van der Waals surface area contributed by atoms with E-state index in [-0.39, 0.29) is 0 Å². The Balaban J connectivity index is 1.62. The zero-order valence-corrected chi connectivity index (χ0v) is 13.7. The Kier molecular flexibility index (Phi) is 2.38. The second-order valence-corrected chi connectivity index (χ2v) is 8.08. The van der Waals surface area contributed by atoms with Crippen molar-refractivity contribution in [3.63, 3.8) is 0 Å². The van der Waals surface area contributed by atoms with Gasteiger partial charge in [-0.15, -0.1) is 0 Å². The van der Waals surface area contributed by atoms with Gasteiger partial charge in [0.2, 0.25) is 0 Å². The van der Waals surface area contributed by atoms with Crippen LogP contribution in [0.4, 0.5) is 5.69 Å². The molecule has 0 N–H and O–H groups in total. The molecule has 4 aliphatic heterocycles. The van der Waals surface area contributed by atoms with Crippen LogP contribution >= 0.6 is 0 Å². The maximum atomic E-state index is 6.10. The van der Waals surface area contributed by atoms with E-state index in [1.807, 2.05) is 0 Å². The topological polar surface area (TPSA) is 15.7 Å². The third-order valence-corrected chi connectivity index (χ3v) is 7.60. The normalized spacial score (nSPS) is 45.3. The number of piperidine rings is 1. The Morgan fingerprint density at radius 2 is 2.22 bits per heavy atom. The van der Waals surface area contributed by atoms with Crippen molar-refractivity contribution in [3.05, 3.63) is 41.5 Å². The highest BCUT2D eigenvalue weighted by molar-refractivity contribution is 5.67. The van der Waals surface area contributed by atoms with E-state index in [0.717, 1.165) is 25.3 Å². The Bertz CT molecular complexity index is 713. The number of allylic oxidation sites excluding steroid dienone is 1. The molecule has 1 spiro atoms. The predicted molar refractivity (Wildman–Crippen MR) is 90.5 cm³/mol. The van der Waals surface area contributed by atoms with Gasteiger partial charge in [-0.2, -0.15) is 0 Å². The summed E-state index contributed by atoms with van der Waals surface area (Å²) in [7, 11) is 0. The fourth-order valence-corrected chi connectivity index (χ4v) is 6.87. The number of nitrogens with zero attached hydrogens (tertiary/aromatic N) is 2. The molecule has 2 bridgehead atoms. The average Bonchev–Trinajstić information content (AvgIpc) is 3.14. The van der Waals surface area contributed by atoms with E-state index < -0.39 is 0 Å². The minimum absolute atomic E-state index is 0.362. The lowest BCUT2D eigenvalue weighted by atomic mass is 9.55. The number of fused-ring (bicyclic) bond motifs is 4. The van der Waals surface area contributed by atoms with E-state index in [2.05, 4.69) is 47.1 Å². The molecular formula is C20H24N2O. The molecule has 4 fully saturated rings. The van der Waals surface area contributed by atoms with Gasteiger partial charge in [0.05, 0.1) is 6.61 Å². The van der Waals surface area contributed by atoms with E-state index in [1.165, 1.54) is 31.6 Å². The summed E-state index contributed by atoms with van der Waals surface area (Å²) in [6.45, 7) is 6.43. The lowest BCUT2D eigenvalue weighted by Crippen LogP contribution is -2.66. The highest BCUT2D eigenvalue weighted by atomic mass is 16.5. The van der Waals surface area contributed by atoms with Gasteiger partial charge in [0.1, 0.15) is 6.73 Å². The third-order valence-electron chi connectivity index (χ3n) is 7.60. The fourth-order valence-electron chi connectivity index (χ4n) is 6.87. The molecule has 1 aromatic rings. The second-order valence-electron chi connectivity index (χ2n) is 8.08. The molecule has 5 aliphatic rings. The van der Waals surface area contributed by atoms with Gasteiger partial charge in [-0.25, -0.2) is 0 Å². The zero-order chi connectivity index (χ0) is 15.2. The minimum atomic E-state index is 0.362. The molecule has 0 radical (unpaired) electrons. The highest BCUT2D eigenvalue weighted by Gasteiger charge is 2.67. The van der Waals surface area contributed by atoms with Gasteiger partial charge in [-0.3, -0.25) is 4.90 Å². The van der Waals surface area contributed by atoms with Gasteiger partial charge in [0.15, 0.2) is 0 Å². The summed E-state index contributed by atoms with van der Waals surface area (Å²) in [5.41, 5.74) is 5.11. The summed E-state index contributed by atoms with van der Waals surface area (Å²) in [5, 5.41) is 0. The fraction of sp³-hybridized carbons (Fsp3) is 0.600. The number of para-hydroxylation sites is 1. The quantitative estimate of drug-likeness (QED) is 0.686. The summed E-state index contributed by atoms with van der Waals surface area (Å²) in [4.78, 5) is 5.41. The predicted octanol–water partition coefficient (Wildman–Crippen LogP) is 2.77. The Labute approximate surface area is 137 Å². The van der Waals surface area contributed by atoms with E-state index in [0.29, 0.717) is 17.4 Å². The van der Waals surface area contributed by atoms with Crippen LogP contribution in [0, 0.1) is 11.8 Å². The van der Waals surface area contributed by atoms with E-state index >= 15 is 0 Å². The van der Waals surface area contributed by atoms with Gasteiger partial charge in [-0.1, -0.05) is 29.8 Å². The molecule has 4 heterocycles. The first-order valence-corrected chi connectivity index (χ1v) is 9.17. The van der Waals surface area contributed by atoms with Gasteiger partial charge in [0, 0.05) is 35.6 Å². The SMILES string of the molecule is CC=C1CN2CCC34c5ccccc5N5COCC(C1CC23)C54. The smallest absolute Gasteiger partial charge is 0.119 e. The number of hydrogen-bond acceptors (Lipinski definition) is 3. The van der Waals surface area contributed by atoms with Crippen molar-refractivity contribution >= 4 is 5.69 Å². The van der Waals surface area contributed by atoms with Crippen molar-refractivity contribution in [1.29, 1.82) is 0 Å². The van der Waals surface area contributed by atoms with Crippen LogP contribution < -0.4 is 4.90 Å². The summed E-state index contributed by atoms with van der Waals surface area (Å²) in [5.74, 6) is 1.40. The Hall–Kier alpha value is -1.32. The first kappa shape index (κ1) is 13.0. The third kappa shape index (κ3) is 1.33. The van der Waals surface area contributed by atoms with Crippen molar-refractivity contribution in [2.45, 2.75) is 37.3 Å². The van der Waals surface area contributed by atoms with Crippen LogP contribution in [0.1, 0.15) is 25.3 Å². The van der Waals surface area contributed by atoms with Crippen molar-refractivity contribution < 1.29 is 4.74 Å². The van der Waals surface area contributed by atoms with Gasteiger partial charge < -0.3 is 9.64 Å². The molecule has 6 rings (SSSR count). The molecular weight excluding hydrogens is 284 g/mol. The maximum Gasteiger partial charge on any atom is 0.119 e. The Morgan fingerprint density at radius 1 is 1.30 bits per heavy atom. The summed E-state index contributed by atoms with van der Waals surface area (Å²) < 4.78 is 6.10. The van der Waals surface area contributed by atoms with Gasteiger partial charge in [0.25, 0.3) is 0 Å². The van der Waals surface area contributed by atoms with Crippen LogP contribution in [-0.4, -0.2) is 43.4 Å². The van der Waals surface area contributed by atoms with Crippen molar-refractivity contribution in [2.75, 3.05) is 31.3 Å². The standard InChI is InChI=1S/C20H24N2O/c1-2-13-10-21-8-7-20-16-5-3-4-6-17(16)22-12-23-11-15(19(20)22)14(13)9-18(20)21/h2-6,14-15,18-19H,7-12H2,1H3. The zero-order valence-electron chi connectivity index (χ0n) is 13.7. The molecule has 1 saturated carbocycles. The monoisotopic (exact) mass is 308 g/mol. The van der Waals surface area contributed by atoms with Crippen LogP contribution in [0.15, 0.2) is 35.9 Å². The van der Waals surface area contributed by atoms with Crippen LogP contribution in [0.2, 0.25) is 0 Å². The number of benzene rings is 1. The highest BCUT2D eigenvalue weighted by Crippen LogP contribution is 2.63. The number of hydrogen-bond donors (Lipinski definition) is 0. The van der Waals surface area contributed by atoms with Gasteiger partial charge in [-0.05, 0) is 43.9 Å². The first-order chi connectivity index (χ1) is 11.3. The van der Waals surface area contributed by atoms with E-state index in [9.17, 15) is 0 Å². The van der Waals surface area contributed by atoms with Crippen LogP contribution in [0.5, 0.6) is 0 Å². The molecule has 0 aromatic heterocycles. The number of anilines is 1. The van der Waals surface area contributed by atoms with Crippen molar-refractivity contribution in [1.82, 2.24) is 4.90 Å². The minimum Gasteiger partial charge on any atom is -0.361 e. The molecule has 5 atom stereocenters. The lowest BCUT2D eigenvalue weighted by molar-refractivity contribution is -0.0405. The average molecular weight is 308 g/mol. The molecule has 3 saturated heterocycles. The second kappa shape index (κ2) is 4.20. The van der Waals surface area contributed by atoms with Crippen LogP contribution in [0.25, 0.3) is 0 Å². The Morgan fingerprint density at radius 3 is 3.13 bits per heavy atom. The molecule has 23 heavy (non-hydrogen) atoms. The van der Waals surface area contributed by atoms with Crippen molar-refractivity contribution in [2.24, 2.45) is 11.8 Å². The number of rotatable bonds is 0. The molecule has 5 unspecified atom stereocenters. The lowest BCUT2D eigenvalue weighted by Gasteiger charge is -2.58. The van der Waals surface area contributed by atoms with Crippen LogP contribution in [-0.2, 0) is 10.2 Å². The van der Waals surface area contributed by atoms with E-state index in [1.54, 1.807) is 11.1 Å². The largest absolute Gasteiger partial charge is 0.361 e. The summed E-state index contributed by atoms with van der Waals surface area (Å²) >= 11 is 0. The van der Waals surface area contributed by atoms with E-state index in [4.69, 9.17) is 4.74 Å². The molecule has 3 heteroatoms.